The molecule has 98 valence electrons. The Labute approximate surface area is 109 Å². The van der Waals surface area contributed by atoms with E-state index in [0.29, 0.717) is 0 Å². The molecule has 3 rings (SSSR count). The zero-order valence-corrected chi connectivity index (χ0v) is 11.2. The van der Waals surface area contributed by atoms with Gasteiger partial charge in [-0.25, -0.2) is 9.97 Å². The lowest BCUT2D eigenvalue weighted by Gasteiger charge is -2.29. The SMILES string of the molecule is CCc1nc(N2CCNCC2)nc2c1CCCC2. The molecule has 1 aliphatic carbocycles. The Morgan fingerprint density at radius 2 is 1.89 bits per heavy atom. The number of nitrogens with one attached hydrogen (secondary N) is 1. The van der Waals surface area contributed by atoms with Gasteiger partial charge in [-0.05, 0) is 37.7 Å². The summed E-state index contributed by atoms with van der Waals surface area (Å²) >= 11 is 0. The first-order chi connectivity index (χ1) is 8.88. The predicted octanol–water partition coefficient (Wildman–Crippen LogP) is 1.33. The van der Waals surface area contributed by atoms with E-state index in [4.69, 9.17) is 9.97 Å². The van der Waals surface area contributed by atoms with Gasteiger partial charge in [-0.15, -0.1) is 0 Å². The van der Waals surface area contributed by atoms with Crippen LogP contribution in [-0.2, 0) is 19.3 Å². The molecule has 2 heterocycles. The third-order valence-electron chi connectivity index (χ3n) is 3.99. The van der Waals surface area contributed by atoms with E-state index in [1.807, 2.05) is 0 Å². The van der Waals surface area contributed by atoms with Crippen molar-refractivity contribution in [1.82, 2.24) is 15.3 Å². The number of aryl methyl sites for hydroxylation is 2. The Balaban J connectivity index is 1.94. The molecule has 0 unspecified atom stereocenters. The Bertz CT molecular complexity index is 407. The summed E-state index contributed by atoms with van der Waals surface area (Å²) in [6.07, 6.45) is 5.94. The fraction of sp³-hybridized carbons (Fsp3) is 0.714. The molecule has 1 N–H and O–H groups in total. The van der Waals surface area contributed by atoms with E-state index in [9.17, 15) is 0 Å². The summed E-state index contributed by atoms with van der Waals surface area (Å²) in [4.78, 5) is 12.0. The van der Waals surface area contributed by atoms with Gasteiger partial charge in [-0.1, -0.05) is 6.92 Å². The first-order valence-electron chi connectivity index (χ1n) is 7.23. The number of anilines is 1. The highest BCUT2D eigenvalue weighted by molar-refractivity contribution is 5.39. The molecule has 4 heteroatoms. The number of hydrogen-bond donors (Lipinski definition) is 1. The average molecular weight is 246 g/mol. The van der Waals surface area contributed by atoms with Crippen molar-refractivity contribution in [3.8, 4) is 0 Å². The van der Waals surface area contributed by atoms with Crippen LogP contribution in [0.1, 0.15) is 36.7 Å². The lowest BCUT2D eigenvalue weighted by atomic mass is 9.94. The summed E-state index contributed by atoms with van der Waals surface area (Å²) in [5.74, 6) is 0.967. The second kappa shape index (κ2) is 5.22. The van der Waals surface area contributed by atoms with Crippen LogP contribution in [0.25, 0.3) is 0 Å². The number of piperazine rings is 1. The zero-order valence-electron chi connectivity index (χ0n) is 11.2. The Hall–Kier alpha value is -1.16. The van der Waals surface area contributed by atoms with Gasteiger partial charge in [-0.3, -0.25) is 0 Å². The smallest absolute Gasteiger partial charge is 0.225 e. The standard InChI is InChI=1S/C14H22N4/c1-2-12-11-5-3-4-6-13(11)17-14(16-12)18-9-7-15-8-10-18/h15H,2-10H2,1H3. The zero-order chi connectivity index (χ0) is 12.4. The molecule has 0 spiro atoms. The molecule has 0 radical (unpaired) electrons. The minimum absolute atomic E-state index is 0.967. The first-order valence-corrected chi connectivity index (χ1v) is 7.23. The molecular formula is C14H22N4. The van der Waals surface area contributed by atoms with Gasteiger partial charge in [0, 0.05) is 37.6 Å². The minimum atomic E-state index is 0.967. The van der Waals surface area contributed by atoms with E-state index in [1.54, 1.807) is 0 Å². The molecule has 4 nitrogen and oxygen atoms in total. The lowest BCUT2D eigenvalue weighted by Crippen LogP contribution is -2.44. The molecule has 1 aromatic heterocycles. The van der Waals surface area contributed by atoms with Crippen molar-refractivity contribution in [2.24, 2.45) is 0 Å². The fourth-order valence-corrected chi connectivity index (χ4v) is 2.96. The number of rotatable bonds is 2. The van der Waals surface area contributed by atoms with Gasteiger partial charge >= 0.3 is 0 Å². The molecule has 0 bridgehead atoms. The average Bonchev–Trinajstić information content (AvgIpc) is 2.47. The van der Waals surface area contributed by atoms with Gasteiger partial charge in [-0.2, -0.15) is 0 Å². The Kier molecular flexibility index (Phi) is 3.46. The summed E-state index contributed by atoms with van der Waals surface area (Å²) in [5.41, 5.74) is 4.05. The molecule has 1 aliphatic heterocycles. The normalized spacial score (nSPS) is 19.7. The first kappa shape index (κ1) is 11.9. The van der Waals surface area contributed by atoms with Crippen LogP contribution >= 0.6 is 0 Å². The van der Waals surface area contributed by atoms with Crippen molar-refractivity contribution in [2.45, 2.75) is 39.0 Å². The van der Waals surface area contributed by atoms with E-state index >= 15 is 0 Å². The third kappa shape index (κ3) is 2.21. The maximum atomic E-state index is 4.83. The maximum Gasteiger partial charge on any atom is 0.225 e. The maximum absolute atomic E-state index is 4.83. The van der Waals surface area contributed by atoms with Crippen LogP contribution < -0.4 is 10.2 Å². The Morgan fingerprint density at radius 1 is 1.11 bits per heavy atom. The van der Waals surface area contributed by atoms with E-state index in [2.05, 4.69) is 17.1 Å². The molecule has 2 aliphatic rings. The topological polar surface area (TPSA) is 41.1 Å². The summed E-state index contributed by atoms with van der Waals surface area (Å²) in [5, 5.41) is 3.38. The minimum Gasteiger partial charge on any atom is -0.338 e. The van der Waals surface area contributed by atoms with E-state index in [-0.39, 0.29) is 0 Å². The highest BCUT2D eigenvalue weighted by Crippen LogP contribution is 2.25. The summed E-state index contributed by atoms with van der Waals surface area (Å²) in [6, 6.07) is 0. The Morgan fingerprint density at radius 3 is 2.67 bits per heavy atom. The van der Waals surface area contributed by atoms with Crippen molar-refractivity contribution in [1.29, 1.82) is 0 Å². The van der Waals surface area contributed by atoms with Gasteiger partial charge < -0.3 is 10.2 Å². The summed E-state index contributed by atoms with van der Waals surface area (Å²) in [6.45, 7) is 6.35. The van der Waals surface area contributed by atoms with Crippen LogP contribution in [0, 0.1) is 0 Å². The van der Waals surface area contributed by atoms with Crippen LogP contribution in [-0.4, -0.2) is 36.1 Å². The lowest BCUT2D eigenvalue weighted by molar-refractivity contribution is 0.573. The highest BCUT2D eigenvalue weighted by atomic mass is 15.3. The third-order valence-corrected chi connectivity index (χ3v) is 3.99. The largest absolute Gasteiger partial charge is 0.338 e. The second-order valence-electron chi connectivity index (χ2n) is 5.19. The summed E-state index contributed by atoms with van der Waals surface area (Å²) in [7, 11) is 0. The van der Waals surface area contributed by atoms with E-state index in [1.165, 1.54) is 36.2 Å². The van der Waals surface area contributed by atoms with Gasteiger partial charge in [0.2, 0.25) is 5.95 Å². The van der Waals surface area contributed by atoms with Crippen molar-refractivity contribution < 1.29 is 0 Å². The molecule has 0 amide bonds. The molecule has 0 saturated carbocycles. The van der Waals surface area contributed by atoms with Crippen LogP contribution in [0.5, 0.6) is 0 Å². The van der Waals surface area contributed by atoms with Crippen LogP contribution in [0.3, 0.4) is 0 Å². The van der Waals surface area contributed by atoms with Crippen molar-refractivity contribution in [2.75, 3.05) is 31.1 Å². The number of fused-ring (bicyclic) bond motifs is 1. The predicted molar refractivity (Wildman–Crippen MR) is 73.1 cm³/mol. The van der Waals surface area contributed by atoms with Crippen molar-refractivity contribution >= 4 is 5.95 Å². The molecule has 1 saturated heterocycles. The molecule has 18 heavy (non-hydrogen) atoms. The molecular weight excluding hydrogens is 224 g/mol. The van der Waals surface area contributed by atoms with Crippen LogP contribution in [0.4, 0.5) is 5.95 Å². The second-order valence-corrected chi connectivity index (χ2v) is 5.19. The summed E-state index contributed by atoms with van der Waals surface area (Å²) < 4.78 is 0. The number of aromatic nitrogens is 2. The van der Waals surface area contributed by atoms with Crippen LogP contribution in [0.2, 0.25) is 0 Å². The van der Waals surface area contributed by atoms with E-state index in [0.717, 1.165) is 45.0 Å². The van der Waals surface area contributed by atoms with Gasteiger partial charge in [0.15, 0.2) is 0 Å². The fourth-order valence-electron chi connectivity index (χ4n) is 2.96. The quantitative estimate of drug-likeness (QED) is 0.854. The number of nitrogens with zero attached hydrogens (tertiary/aromatic N) is 3. The molecule has 1 fully saturated rings. The molecule has 0 aromatic carbocycles. The molecule has 0 atom stereocenters. The highest BCUT2D eigenvalue weighted by Gasteiger charge is 2.20. The van der Waals surface area contributed by atoms with Gasteiger partial charge in [0.1, 0.15) is 0 Å². The van der Waals surface area contributed by atoms with E-state index < -0.39 is 0 Å². The van der Waals surface area contributed by atoms with Crippen molar-refractivity contribution in [3.63, 3.8) is 0 Å². The van der Waals surface area contributed by atoms with Gasteiger partial charge in [0.25, 0.3) is 0 Å². The van der Waals surface area contributed by atoms with Gasteiger partial charge in [0.05, 0.1) is 0 Å². The monoisotopic (exact) mass is 246 g/mol. The van der Waals surface area contributed by atoms with Crippen LogP contribution in [0.15, 0.2) is 0 Å². The molecule has 1 aromatic rings. The van der Waals surface area contributed by atoms with Crippen molar-refractivity contribution in [3.05, 3.63) is 17.0 Å². The number of hydrogen-bond acceptors (Lipinski definition) is 4.